The number of nitrogens with one attached hydrogen (secondary N) is 1. The van der Waals surface area contributed by atoms with E-state index in [2.05, 4.69) is 17.2 Å². The Labute approximate surface area is 120 Å². The smallest absolute Gasteiger partial charge is 0.163 e. The normalized spacial score (nSPS) is 10.7. The van der Waals surface area contributed by atoms with Crippen molar-refractivity contribution in [2.75, 3.05) is 25.6 Å². The molecule has 2 rings (SSSR count). The SMILES string of the molecule is CCOc1cc2nc(C)c(C)c(NC)c2cc1OCC. The molecule has 0 radical (unpaired) electrons. The minimum atomic E-state index is 0.606. The highest BCUT2D eigenvalue weighted by Gasteiger charge is 2.13. The predicted molar refractivity (Wildman–Crippen MR) is 83.1 cm³/mol. The maximum absolute atomic E-state index is 5.69. The van der Waals surface area contributed by atoms with Gasteiger partial charge in [-0.15, -0.1) is 0 Å². The average molecular weight is 274 g/mol. The molecule has 4 nitrogen and oxygen atoms in total. The number of fused-ring (bicyclic) bond motifs is 1. The molecular formula is C16H22N2O2. The second-order valence-electron chi connectivity index (χ2n) is 4.63. The van der Waals surface area contributed by atoms with Gasteiger partial charge in [0.1, 0.15) is 0 Å². The number of ether oxygens (including phenoxy) is 2. The van der Waals surface area contributed by atoms with Crippen molar-refractivity contribution in [1.29, 1.82) is 0 Å². The molecule has 0 aliphatic heterocycles. The lowest BCUT2D eigenvalue weighted by molar-refractivity contribution is 0.288. The van der Waals surface area contributed by atoms with Gasteiger partial charge in [-0.1, -0.05) is 0 Å². The molecule has 0 atom stereocenters. The van der Waals surface area contributed by atoms with Crippen LogP contribution in [0.5, 0.6) is 11.5 Å². The molecule has 0 aliphatic rings. The van der Waals surface area contributed by atoms with E-state index < -0.39 is 0 Å². The molecular weight excluding hydrogens is 252 g/mol. The van der Waals surface area contributed by atoms with Crippen LogP contribution in [-0.4, -0.2) is 25.2 Å². The van der Waals surface area contributed by atoms with Crippen molar-refractivity contribution in [3.8, 4) is 11.5 Å². The van der Waals surface area contributed by atoms with Crippen LogP contribution < -0.4 is 14.8 Å². The van der Waals surface area contributed by atoms with Gasteiger partial charge in [0, 0.05) is 29.9 Å². The number of aromatic nitrogens is 1. The van der Waals surface area contributed by atoms with Crippen molar-refractivity contribution in [1.82, 2.24) is 4.98 Å². The summed E-state index contributed by atoms with van der Waals surface area (Å²) in [7, 11) is 1.93. The van der Waals surface area contributed by atoms with E-state index >= 15 is 0 Å². The maximum atomic E-state index is 5.69. The number of benzene rings is 1. The van der Waals surface area contributed by atoms with E-state index in [-0.39, 0.29) is 0 Å². The van der Waals surface area contributed by atoms with E-state index in [9.17, 15) is 0 Å². The topological polar surface area (TPSA) is 43.4 Å². The fraction of sp³-hybridized carbons (Fsp3) is 0.438. The zero-order chi connectivity index (χ0) is 14.7. The van der Waals surface area contributed by atoms with Crippen molar-refractivity contribution in [3.05, 3.63) is 23.4 Å². The fourth-order valence-electron chi connectivity index (χ4n) is 2.35. The van der Waals surface area contributed by atoms with Crippen LogP contribution in [0.3, 0.4) is 0 Å². The molecule has 0 bridgehead atoms. The quantitative estimate of drug-likeness (QED) is 0.903. The lowest BCUT2D eigenvalue weighted by atomic mass is 10.1. The van der Waals surface area contributed by atoms with Gasteiger partial charge >= 0.3 is 0 Å². The number of pyridine rings is 1. The molecule has 0 saturated heterocycles. The number of aryl methyl sites for hydroxylation is 1. The Morgan fingerprint density at radius 2 is 1.65 bits per heavy atom. The van der Waals surface area contributed by atoms with Crippen molar-refractivity contribution in [2.24, 2.45) is 0 Å². The van der Waals surface area contributed by atoms with Gasteiger partial charge in [0.05, 0.1) is 18.7 Å². The Hall–Kier alpha value is -1.97. The van der Waals surface area contributed by atoms with Crippen LogP contribution in [-0.2, 0) is 0 Å². The highest BCUT2D eigenvalue weighted by molar-refractivity contribution is 5.95. The van der Waals surface area contributed by atoms with Crippen LogP contribution in [0.25, 0.3) is 10.9 Å². The number of nitrogens with zero attached hydrogens (tertiary/aromatic N) is 1. The van der Waals surface area contributed by atoms with E-state index in [0.717, 1.165) is 39.3 Å². The molecule has 1 aromatic carbocycles. The number of hydrogen-bond acceptors (Lipinski definition) is 4. The maximum Gasteiger partial charge on any atom is 0.163 e. The summed E-state index contributed by atoms with van der Waals surface area (Å²) >= 11 is 0. The van der Waals surface area contributed by atoms with Gasteiger partial charge in [0.2, 0.25) is 0 Å². The molecule has 0 saturated carbocycles. The van der Waals surface area contributed by atoms with E-state index in [0.29, 0.717) is 13.2 Å². The summed E-state index contributed by atoms with van der Waals surface area (Å²) in [5, 5.41) is 4.32. The molecule has 20 heavy (non-hydrogen) atoms. The third-order valence-electron chi connectivity index (χ3n) is 3.39. The number of rotatable bonds is 5. The Morgan fingerprint density at radius 3 is 2.20 bits per heavy atom. The molecule has 1 aromatic heterocycles. The van der Waals surface area contributed by atoms with E-state index in [4.69, 9.17) is 9.47 Å². The zero-order valence-electron chi connectivity index (χ0n) is 12.8. The zero-order valence-corrected chi connectivity index (χ0v) is 12.8. The summed E-state index contributed by atoms with van der Waals surface area (Å²) in [6, 6.07) is 3.96. The molecule has 1 N–H and O–H groups in total. The summed E-state index contributed by atoms with van der Waals surface area (Å²) < 4.78 is 11.3. The van der Waals surface area contributed by atoms with Crippen molar-refractivity contribution in [2.45, 2.75) is 27.7 Å². The Balaban J connectivity index is 2.72. The van der Waals surface area contributed by atoms with Gasteiger partial charge in [-0.05, 0) is 39.3 Å². The molecule has 0 fully saturated rings. The van der Waals surface area contributed by atoms with Crippen molar-refractivity contribution in [3.63, 3.8) is 0 Å². The van der Waals surface area contributed by atoms with Gasteiger partial charge in [-0.2, -0.15) is 0 Å². The Morgan fingerprint density at radius 1 is 1.05 bits per heavy atom. The summed E-state index contributed by atoms with van der Waals surface area (Å²) in [6.45, 7) is 9.25. The average Bonchev–Trinajstić information content (AvgIpc) is 2.42. The first-order chi connectivity index (χ1) is 9.62. The molecule has 4 heteroatoms. The lowest BCUT2D eigenvalue weighted by Crippen LogP contribution is -2.02. The first-order valence-electron chi connectivity index (χ1n) is 7.00. The second-order valence-corrected chi connectivity index (χ2v) is 4.63. The fourth-order valence-corrected chi connectivity index (χ4v) is 2.35. The standard InChI is InChI=1S/C16H22N2O2/c1-6-19-14-8-12-13(9-15(14)20-7-2)18-11(4)10(3)16(12)17-5/h8-9H,6-7H2,1-5H3,(H,17,18). The van der Waals surface area contributed by atoms with Crippen molar-refractivity contribution < 1.29 is 9.47 Å². The van der Waals surface area contributed by atoms with Gasteiger partial charge in [0.15, 0.2) is 11.5 Å². The van der Waals surface area contributed by atoms with Crippen LogP contribution in [0.1, 0.15) is 25.1 Å². The van der Waals surface area contributed by atoms with E-state index in [1.54, 1.807) is 0 Å². The van der Waals surface area contributed by atoms with Crippen LogP contribution in [0, 0.1) is 13.8 Å². The van der Waals surface area contributed by atoms with Crippen LogP contribution in [0.4, 0.5) is 5.69 Å². The molecule has 0 unspecified atom stereocenters. The lowest BCUT2D eigenvalue weighted by Gasteiger charge is -2.16. The molecule has 108 valence electrons. The highest BCUT2D eigenvalue weighted by Crippen LogP contribution is 2.36. The summed E-state index contributed by atoms with van der Waals surface area (Å²) in [5.74, 6) is 1.52. The van der Waals surface area contributed by atoms with Gasteiger partial charge < -0.3 is 14.8 Å². The third-order valence-corrected chi connectivity index (χ3v) is 3.39. The van der Waals surface area contributed by atoms with Crippen molar-refractivity contribution >= 4 is 16.6 Å². The first-order valence-corrected chi connectivity index (χ1v) is 7.00. The predicted octanol–water partition coefficient (Wildman–Crippen LogP) is 3.69. The van der Waals surface area contributed by atoms with Gasteiger partial charge in [-0.3, -0.25) is 4.98 Å². The largest absolute Gasteiger partial charge is 0.490 e. The summed E-state index contributed by atoms with van der Waals surface area (Å²) in [4.78, 5) is 4.65. The van der Waals surface area contributed by atoms with Gasteiger partial charge in [-0.25, -0.2) is 0 Å². The Bertz CT molecular complexity index is 624. The molecule has 2 aromatic rings. The second kappa shape index (κ2) is 5.99. The minimum absolute atomic E-state index is 0.606. The van der Waals surface area contributed by atoms with Gasteiger partial charge in [0.25, 0.3) is 0 Å². The van der Waals surface area contributed by atoms with Crippen LogP contribution in [0.2, 0.25) is 0 Å². The number of anilines is 1. The monoisotopic (exact) mass is 274 g/mol. The molecule has 1 heterocycles. The van der Waals surface area contributed by atoms with E-state index in [1.165, 1.54) is 0 Å². The summed E-state index contributed by atoms with van der Waals surface area (Å²) in [6.07, 6.45) is 0. The van der Waals surface area contributed by atoms with Crippen LogP contribution in [0.15, 0.2) is 12.1 Å². The van der Waals surface area contributed by atoms with Crippen LogP contribution >= 0.6 is 0 Å². The minimum Gasteiger partial charge on any atom is -0.490 e. The first kappa shape index (κ1) is 14.4. The van der Waals surface area contributed by atoms with E-state index in [1.807, 2.05) is 40.0 Å². The highest BCUT2D eigenvalue weighted by atomic mass is 16.5. The molecule has 0 spiro atoms. The Kier molecular flexibility index (Phi) is 4.32. The molecule has 0 amide bonds. The summed E-state index contributed by atoms with van der Waals surface area (Å²) in [5.41, 5.74) is 4.20. The number of hydrogen-bond donors (Lipinski definition) is 1. The third kappa shape index (κ3) is 2.50. The molecule has 0 aliphatic carbocycles.